The Morgan fingerprint density at radius 3 is 2.48 bits per heavy atom. The van der Waals surface area contributed by atoms with E-state index in [9.17, 15) is 23.1 Å². The van der Waals surface area contributed by atoms with E-state index in [4.69, 9.17) is 16.3 Å². The molecule has 1 atom stereocenters. The number of alkyl halides is 3. The highest BCUT2D eigenvalue weighted by Crippen LogP contribution is 2.30. The quantitative estimate of drug-likeness (QED) is 0.872. The Hall–Kier alpha value is -2.21. The summed E-state index contributed by atoms with van der Waals surface area (Å²) < 4.78 is 43.4. The number of carboxylic acids is 1. The van der Waals surface area contributed by atoms with E-state index in [-0.39, 0.29) is 17.7 Å². The van der Waals surface area contributed by atoms with Crippen LogP contribution in [-0.2, 0) is 17.4 Å². The van der Waals surface area contributed by atoms with Crippen molar-refractivity contribution in [1.82, 2.24) is 0 Å². The van der Waals surface area contributed by atoms with E-state index in [1.54, 1.807) is 12.1 Å². The van der Waals surface area contributed by atoms with Gasteiger partial charge in [-0.25, -0.2) is 4.79 Å². The minimum Gasteiger partial charge on any atom is -0.478 e. The van der Waals surface area contributed by atoms with Gasteiger partial charge in [-0.2, -0.15) is 13.2 Å². The van der Waals surface area contributed by atoms with E-state index in [1.165, 1.54) is 24.3 Å². The summed E-state index contributed by atoms with van der Waals surface area (Å²) in [4.78, 5) is 11.3. The van der Waals surface area contributed by atoms with Gasteiger partial charge in [0.1, 0.15) is 5.75 Å². The lowest BCUT2D eigenvalue weighted by Gasteiger charge is -2.16. The molecule has 122 valence electrons. The molecule has 0 radical (unpaired) electrons. The molecule has 2 aromatic rings. The molecule has 3 nitrogen and oxygen atoms in total. The molecule has 0 aliphatic heterocycles. The lowest BCUT2D eigenvalue weighted by atomic mass is 10.0. The van der Waals surface area contributed by atoms with Gasteiger partial charge in [0, 0.05) is 11.4 Å². The maximum absolute atomic E-state index is 12.7. The van der Waals surface area contributed by atoms with E-state index >= 15 is 0 Å². The number of rotatable bonds is 5. The highest BCUT2D eigenvalue weighted by atomic mass is 35.5. The number of hydrogen-bond acceptors (Lipinski definition) is 2. The highest BCUT2D eigenvalue weighted by molar-refractivity contribution is 6.30. The largest absolute Gasteiger partial charge is 0.478 e. The molecule has 0 bridgehead atoms. The third-order valence-corrected chi connectivity index (χ3v) is 3.26. The molecule has 23 heavy (non-hydrogen) atoms. The molecule has 0 amide bonds. The fraction of sp³-hybridized carbons (Fsp3) is 0.188. The van der Waals surface area contributed by atoms with Crippen LogP contribution in [0.3, 0.4) is 0 Å². The van der Waals surface area contributed by atoms with Crippen LogP contribution in [0.1, 0.15) is 11.1 Å². The van der Waals surface area contributed by atoms with Gasteiger partial charge in [-0.15, -0.1) is 0 Å². The van der Waals surface area contributed by atoms with Crippen molar-refractivity contribution in [3.8, 4) is 5.75 Å². The van der Waals surface area contributed by atoms with Crippen LogP contribution in [0.25, 0.3) is 0 Å². The first kappa shape index (κ1) is 17.1. The second-order valence-corrected chi connectivity index (χ2v) is 5.24. The van der Waals surface area contributed by atoms with Crippen LogP contribution >= 0.6 is 11.6 Å². The molecule has 1 N–H and O–H groups in total. The molecule has 0 aliphatic rings. The molecular formula is C16H12ClF3O3. The van der Waals surface area contributed by atoms with Gasteiger partial charge >= 0.3 is 12.1 Å². The summed E-state index contributed by atoms with van der Waals surface area (Å²) in [6, 6.07) is 10.6. The fourth-order valence-corrected chi connectivity index (χ4v) is 2.15. The maximum atomic E-state index is 12.7. The molecule has 0 aliphatic carbocycles. The summed E-state index contributed by atoms with van der Waals surface area (Å²) in [7, 11) is 0. The summed E-state index contributed by atoms with van der Waals surface area (Å²) in [6.07, 6.45) is -6.01. The van der Waals surface area contributed by atoms with Crippen molar-refractivity contribution in [2.45, 2.75) is 18.7 Å². The first-order valence-electron chi connectivity index (χ1n) is 6.57. The van der Waals surface area contributed by atoms with Crippen LogP contribution in [0, 0.1) is 0 Å². The number of ether oxygens (including phenoxy) is 1. The predicted molar refractivity (Wildman–Crippen MR) is 78.7 cm³/mol. The van der Waals surface area contributed by atoms with E-state index in [0.717, 1.165) is 12.1 Å². The Balaban J connectivity index is 2.18. The van der Waals surface area contributed by atoms with Crippen LogP contribution in [0.2, 0.25) is 5.02 Å². The third kappa shape index (κ3) is 4.89. The van der Waals surface area contributed by atoms with Crippen LogP contribution in [0.15, 0.2) is 48.5 Å². The zero-order valence-electron chi connectivity index (χ0n) is 11.7. The second kappa shape index (κ2) is 6.91. The molecule has 0 aromatic heterocycles. The molecule has 0 heterocycles. The minimum atomic E-state index is -4.48. The molecular weight excluding hydrogens is 333 g/mol. The number of halogens is 4. The second-order valence-electron chi connectivity index (χ2n) is 4.80. The molecule has 0 fully saturated rings. The van der Waals surface area contributed by atoms with Crippen molar-refractivity contribution in [3.63, 3.8) is 0 Å². The Labute approximate surface area is 135 Å². The van der Waals surface area contributed by atoms with E-state index in [0.29, 0.717) is 5.02 Å². The number of carboxylic acid groups (broad SMARTS) is 1. The fourth-order valence-electron chi connectivity index (χ4n) is 1.97. The number of aliphatic carboxylic acids is 1. The van der Waals surface area contributed by atoms with Gasteiger partial charge in [-0.3, -0.25) is 0 Å². The summed E-state index contributed by atoms with van der Waals surface area (Å²) in [5, 5.41) is 9.58. The van der Waals surface area contributed by atoms with E-state index < -0.39 is 23.8 Å². The normalized spacial score (nSPS) is 12.7. The van der Waals surface area contributed by atoms with Crippen LogP contribution in [-0.4, -0.2) is 17.2 Å². The van der Waals surface area contributed by atoms with Gasteiger partial charge in [0.05, 0.1) is 5.56 Å². The van der Waals surface area contributed by atoms with Gasteiger partial charge < -0.3 is 9.84 Å². The van der Waals surface area contributed by atoms with Crippen LogP contribution < -0.4 is 4.74 Å². The molecule has 2 rings (SSSR count). The van der Waals surface area contributed by atoms with Crippen molar-refractivity contribution in [2.75, 3.05) is 0 Å². The maximum Gasteiger partial charge on any atom is 0.416 e. The predicted octanol–water partition coefficient (Wildman–Crippen LogP) is 4.43. The average Bonchev–Trinajstić information content (AvgIpc) is 2.46. The zero-order chi connectivity index (χ0) is 17.0. The van der Waals surface area contributed by atoms with Crippen LogP contribution in [0.4, 0.5) is 13.2 Å². The lowest BCUT2D eigenvalue weighted by Crippen LogP contribution is -2.29. The first-order valence-corrected chi connectivity index (χ1v) is 6.94. The Morgan fingerprint density at radius 2 is 1.87 bits per heavy atom. The molecule has 0 saturated carbocycles. The monoisotopic (exact) mass is 344 g/mol. The van der Waals surface area contributed by atoms with Crippen molar-refractivity contribution >= 4 is 17.6 Å². The smallest absolute Gasteiger partial charge is 0.416 e. The van der Waals surface area contributed by atoms with Gasteiger partial charge in [0.25, 0.3) is 0 Å². The Bertz CT molecular complexity index is 701. The summed E-state index contributed by atoms with van der Waals surface area (Å²) in [5.41, 5.74) is -0.615. The van der Waals surface area contributed by atoms with Gasteiger partial charge in [-0.1, -0.05) is 35.9 Å². The van der Waals surface area contributed by atoms with Crippen molar-refractivity contribution < 1.29 is 27.8 Å². The summed E-state index contributed by atoms with van der Waals surface area (Å²) in [6.45, 7) is 0. The van der Waals surface area contributed by atoms with Crippen molar-refractivity contribution in [1.29, 1.82) is 0 Å². The SMILES string of the molecule is O=C(O)[C@H](Cc1cccc(C(F)(F)F)c1)Oc1cccc(Cl)c1. The molecule has 0 unspecified atom stereocenters. The van der Waals surface area contributed by atoms with Crippen molar-refractivity contribution in [3.05, 3.63) is 64.7 Å². The molecule has 0 saturated heterocycles. The van der Waals surface area contributed by atoms with Gasteiger partial charge in [-0.05, 0) is 29.8 Å². The van der Waals surface area contributed by atoms with Crippen LogP contribution in [0.5, 0.6) is 5.75 Å². The van der Waals surface area contributed by atoms with Gasteiger partial charge in [0.15, 0.2) is 6.10 Å². The van der Waals surface area contributed by atoms with Gasteiger partial charge in [0.2, 0.25) is 0 Å². The van der Waals surface area contributed by atoms with E-state index in [2.05, 4.69) is 0 Å². The number of hydrogen-bond donors (Lipinski definition) is 1. The molecule has 7 heteroatoms. The lowest BCUT2D eigenvalue weighted by molar-refractivity contribution is -0.145. The van der Waals surface area contributed by atoms with E-state index in [1.807, 2.05) is 0 Å². The first-order chi connectivity index (χ1) is 10.8. The number of carbonyl (C=O) groups is 1. The Kier molecular flexibility index (Phi) is 5.15. The topological polar surface area (TPSA) is 46.5 Å². The molecule has 0 spiro atoms. The average molecular weight is 345 g/mol. The highest BCUT2D eigenvalue weighted by Gasteiger charge is 2.31. The summed E-state index contributed by atoms with van der Waals surface area (Å²) in [5.74, 6) is -1.04. The number of benzene rings is 2. The third-order valence-electron chi connectivity index (χ3n) is 3.03. The Morgan fingerprint density at radius 1 is 1.17 bits per heavy atom. The molecule has 2 aromatic carbocycles. The van der Waals surface area contributed by atoms with Crippen molar-refractivity contribution in [2.24, 2.45) is 0 Å². The minimum absolute atomic E-state index is 0.203. The summed E-state index contributed by atoms with van der Waals surface area (Å²) >= 11 is 5.79. The standard InChI is InChI=1S/C16H12ClF3O3/c17-12-5-2-6-13(9-12)23-14(15(21)22)8-10-3-1-4-11(7-10)16(18,19)20/h1-7,9,14H,8H2,(H,21,22)/t14-/m0/s1. The zero-order valence-corrected chi connectivity index (χ0v) is 12.4.